The van der Waals surface area contributed by atoms with E-state index in [9.17, 15) is 9.59 Å². The number of halogens is 1. The highest BCUT2D eigenvalue weighted by atomic mass is 35.5. The molecule has 6 nitrogen and oxygen atoms in total. The summed E-state index contributed by atoms with van der Waals surface area (Å²) in [6, 6.07) is 1.84. The number of aryl methyl sites for hydroxylation is 2. The van der Waals surface area contributed by atoms with Crippen LogP contribution in [0, 0.1) is 6.92 Å². The first-order valence-corrected chi connectivity index (χ1v) is 9.53. The average molecular weight is 398 g/mol. The van der Waals surface area contributed by atoms with Crippen LogP contribution in [0.15, 0.2) is 20.7 Å². The third kappa shape index (κ3) is 4.72. The second-order valence-corrected chi connectivity index (χ2v) is 7.23. The van der Waals surface area contributed by atoms with Gasteiger partial charge in [-0.15, -0.1) is 23.7 Å². The van der Waals surface area contributed by atoms with Crippen LogP contribution in [0.5, 0.6) is 0 Å². The lowest BCUT2D eigenvalue weighted by molar-refractivity contribution is 0.0945. The first-order chi connectivity index (χ1) is 12.1. The van der Waals surface area contributed by atoms with Gasteiger partial charge in [-0.05, 0) is 50.9 Å². The molecule has 3 heterocycles. The number of amides is 1. The lowest BCUT2D eigenvalue weighted by atomic mass is 9.94. The van der Waals surface area contributed by atoms with Crippen molar-refractivity contribution in [1.82, 2.24) is 15.6 Å². The van der Waals surface area contributed by atoms with Crippen LogP contribution in [0.3, 0.4) is 0 Å². The van der Waals surface area contributed by atoms with Crippen molar-refractivity contribution in [3.63, 3.8) is 0 Å². The zero-order valence-electron chi connectivity index (χ0n) is 15.0. The molecule has 0 bridgehead atoms. The van der Waals surface area contributed by atoms with E-state index in [4.69, 9.17) is 4.42 Å². The first-order valence-electron chi connectivity index (χ1n) is 8.65. The minimum Gasteiger partial charge on any atom is -0.427 e. The molecule has 2 aromatic rings. The Kier molecular flexibility index (Phi) is 7.37. The van der Waals surface area contributed by atoms with Gasteiger partial charge in [-0.3, -0.25) is 4.79 Å². The number of thiazole rings is 1. The number of nitrogens with zero attached hydrogens (tertiary/aromatic N) is 1. The van der Waals surface area contributed by atoms with Gasteiger partial charge in [0.2, 0.25) is 0 Å². The largest absolute Gasteiger partial charge is 0.427 e. The van der Waals surface area contributed by atoms with E-state index in [0.29, 0.717) is 17.9 Å². The molecule has 0 saturated carbocycles. The lowest BCUT2D eigenvalue weighted by Crippen LogP contribution is -2.30. The van der Waals surface area contributed by atoms with E-state index in [-0.39, 0.29) is 23.9 Å². The highest BCUT2D eigenvalue weighted by Gasteiger charge is 2.22. The number of hydrogen-bond donors (Lipinski definition) is 2. The first kappa shape index (κ1) is 20.6. The van der Waals surface area contributed by atoms with Gasteiger partial charge in [0, 0.05) is 11.3 Å². The Labute approximate surface area is 162 Å². The molecule has 0 atom stereocenters. The van der Waals surface area contributed by atoms with Crippen molar-refractivity contribution >= 4 is 29.7 Å². The van der Waals surface area contributed by atoms with E-state index in [2.05, 4.69) is 15.6 Å². The van der Waals surface area contributed by atoms with Crippen LogP contribution in [0.25, 0.3) is 0 Å². The number of nitrogens with one attached hydrogen (secondary N) is 2. The minimum absolute atomic E-state index is 0. The number of piperidine rings is 1. The van der Waals surface area contributed by atoms with E-state index in [1.807, 2.05) is 18.4 Å². The summed E-state index contributed by atoms with van der Waals surface area (Å²) >= 11 is 1.51. The standard InChI is InChI=1S/C18H23N3O3S.ClH/c1-3-13-10-25-15(21-13)9-20-17(22)16-11(2)8-14(24-18(16)23)12-4-6-19-7-5-12;/h8,10,12,19H,3-7,9H2,1-2H3,(H,20,22);1H. The maximum atomic E-state index is 12.4. The maximum Gasteiger partial charge on any atom is 0.349 e. The Morgan fingerprint density at radius 1 is 1.42 bits per heavy atom. The second-order valence-electron chi connectivity index (χ2n) is 6.29. The number of hydrogen-bond acceptors (Lipinski definition) is 6. The molecule has 8 heteroatoms. The topological polar surface area (TPSA) is 84.2 Å². The molecular formula is C18H24ClN3O3S. The third-order valence-electron chi connectivity index (χ3n) is 4.50. The van der Waals surface area contributed by atoms with Gasteiger partial charge in [0.1, 0.15) is 16.3 Å². The second kappa shape index (κ2) is 9.30. The minimum atomic E-state index is -0.556. The highest BCUT2D eigenvalue weighted by Crippen LogP contribution is 2.25. The van der Waals surface area contributed by atoms with Gasteiger partial charge in [0.15, 0.2) is 0 Å². The number of rotatable bonds is 5. The van der Waals surface area contributed by atoms with Crippen LogP contribution < -0.4 is 16.3 Å². The summed E-state index contributed by atoms with van der Waals surface area (Å²) in [5.74, 6) is 0.525. The summed E-state index contributed by atoms with van der Waals surface area (Å²) in [7, 11) is 0. The molecule has 0 aliphatic carbocycles. The summed E-state index contributed by atoms with van der Waals surface area (Å²) in [5.41, 5.74) is 1.20. The predicted molar refractivity (Wildman–Crippen MR) is 104 cm³/mol. The zero-order chi connectivity index (χ0) is 17.8. The van der Waals surface area contributed by atoms with E-state index in [0.717, 1.165) is 43.1 Å². The van der Waals surface area contributed by atoms with Crippen LogP contribution in [0.2, 0.25) is 0 Å². The van der Waals surface area contributed by atoms with Gasteiger partial charge in [-0.2, -0.15) is 0 Å². The van der Waals surface area contributed by atoms with E-state index >= 15 is 0 Å². The lowest BCUT2D eigenvalue weighted by Gasteiger charge is -2.21. The molecule has 0 unspecified atom stereocenters. The van der Waals surface area contributed by atoms with Gasteiger partial charge in [-0.1, -0.05) is 6.92 Å². The van der Waals surface area contributed by atoms with Gasteiger partial charge < -0.3 is 15.1 Å². The maximum absolute atomic E-state index is 12.4. The van der Waals surface area contributed by atoms with Crippen LogP contribution >= 0.6 is 23.7 Å². The van der Waals surface area contributed by atoms with Crippen molar-refractivity contribution in [2.45, 2.75) is 45.6 Å². The highest BCUT2D eigenvalue weighted by molar-refractivity contribution is 7.09. The summed E-state index contributed by atoms with van der Waals surface area (Å²) in [6.45, 7) is 5.98. The fourth-order valence-electron chi connectivity index (χ4n) is 3.05. The Hall–Kier alpha value is -1.70. The van der Waals surface area contributed by atoms with Crippen molar-refractivity contribution < 1.29 is 9.21 Å². The van der Waals surface area contributed by atoms with Crippen molar-refractivity contribution in [2.24, 2.45) is 0 Å². The molecule has 1 fully saturated rings. The van der Waals surface area contributed by atoms with Gasteiger partial charge >= 0.3 is 5.63 Å². The van der Waals surface area contributed by atoms with Gasteiger partial charge in [-0.25, -0.2) is 9.78 Å². The molecule has 1 amide bonds. The van der Waals surface area contributed by atoms with Gasteiger partial charge in [0.25, 0.3) is 5.91 Å². The van der Waals surface area contributed by atoms with E-state index in [1.54, 1.807) is 6.92 Å². The Balaban J connectivity index is 0.00000243. The van der Waals surface area contributed by atoms with E-state index < -0.39 is 11.5 Å². The van der Waals surface area contributed by atoms with Crippen molar-refractivity contribution in [3.05, 3.63) is 49.5 Å². The summed E-state index contributed by atoms with van der Waals surface area (Å²) in [6.07, 6.45) is 2.75. The Morgan fingerprint density at radius 2 is 2.15 bits per heavy atom. The molecule has 1 aliphatic rings. The van der Waals surface area contributed by atoms with Crippen LogP contribution in [0.4, 0.5) is 0 Å². The Morgan fingerprint density at radius 3 is 2.77 bits per heavy atom. The molecule has 142 valence electrons. The molecule has 1 aliphatic heterocycles. The molecule has 2 aromatic heterocycles. The predicted octanol–water partition coefficient (Wildman–Crippen LogP) is 2.79. The fraction of sp³-hybridized carbons (Fsp3) is 0.500. The molecule has 2 N–H and O–H groups in total. The number of carbonyl (C=O) groups is 1. The molecule has 26 heavy (non-hydrogen) atoms. The molecule has 0 aromatic carbocycles. The number of carbonyl (C=O) groups excluding carboxylic acids is 1. The molecular weight excluding hydrogens is 374 g/mol. The smallest absolute Gasteiger partial charge is 0.349 e. The monoisotopic (exact) mass is 397 g/mol. The van der Waals surface area contributed by atoms with Gasteiger partial charge in [0.05, 0.1) is 12.2 Å². The van der Waals surface area contributed by atoms with Crippen LogP contribution in [-0.2, 0) is 13.0 Å². The van der Waals surface area contributed by atoms with E-state index in [1.165, 1.54) is 11.3 Å². The summed E-state index contributed by atoms with van der Waals surface area (Å²) < 4.78 is 5.47. The molecule has 3 rings (SSSR count). The molecule has 0 spiro atoms. The summed E-state index contributed by atoms with van der Waals surface area (Å²) in [5, 5.41) is 8.88. The van der Waals surface area contributed by atoms with Crippen LogP contribution in [-0.4, -0.2) is 24.0 Å². The van der Waals surface area contributed by atoms with Crippen LogP contribution in [0.1, 0.15) is 58.1 Å². The SMILES string of the molecule is CCc1csc(CNC(=O)c2c(C)cc(C3CCNCC3)oc2=O)n1.Cl. The van der Waals surface area contributed by atoms with Crippen molar-refractivity contribution in [3.8, 4) is 0 Å². The zero-order valence-corrected chi connectivity index (χ0v) is 16.6. The normalized spacial score (nSPS) is 14.7. The third-order valence-corrected chi connectivity index (χ3v) is 5.40. The number of aromatic nitrogens is 1. The Bertz CT molecular complexity index is 812. The molecule has 0 radical (unpaired) electrons. The quantitative estimate of drug-likeness (QED) is 0.810. The van der Waals surface area contributed by atoms with Crippen molar-refractivity contribution in [1.29, 1.82) is 0 Å². The average Bonchev–Trinajstić information content (AvgIpc) is 3.08. The summed E-state index contributed by atoms with van der Waals surface area (Å²) in [4.78, 5) is 29.2. The molecule has 1 saturated heterocycles. The fourth-order valence-corrected chi connectivity index (χ4v) is 3.87. The van der Waals surface area contributed by atoms with Crippen molar-refractivity contribution in [2.75, 3.05) is 13.1 Å².